The van der Waals surface area contributed by atoms with Gasteiger partial charge in [-0.2, -0.15) is 0 Å². The van der Waals surface area contributed by atoms with Gasteiger partial charge in [0.1, 0.15) is 0 Å². The van der Waals surface area contributed by atoms with Crippen molar-refractivity contribution in [2.24, 2.45) is 18.7 Å². The van der Waals surface area contributed by atoms with Crippen molar-refractivity contribution in [3.8, 4) is 0 Å². The zero-order chi connectivity index (χ0) is 14.9. The third-order valence-corrected chi connectivity index (χ3v) is 4.26. The van der Waals surface area contributed by atoms with Crippen LogP contribution in [0.25, 0.3) is 0 Å². The molecule has 0 bridgehead atoms. The highest BCUT2D eigenvalue weighted by Gasteiger charge is 2.37. The molecule has 2 unspecified atom stereocenters. The molecule has 3 N–H and O–H groups in total. The molecule has 1 aliphatic carbocycles. The van der Waals surface area contributed by atoms with E-state index in [-0.39, 0.29) is 29.8 Å². The van der Waals surface area contributed by atoms with E-state index in [1.165, 1.54) is 10.6 Å². The highest BCUT2D eigenvalue weighted by molar-refractivity contribution is 5.94. The van der Waals surface area contributed by atoms with Gasteiger partial charge in [-0.05, 0) is 32.3 Å². The first-order valence-corrected chi connectivity index (χ1v) is 7.08. The van der Waals surface area contributed by atoms with Crippen molar-refractivity contribution >= 4 is 24.0 Å². The monoisotopic (exact) mass is 313 g/mol. The molecule has 0 radical (unpaired) electrons. The number of halogens is 1. The number of nitrogens with two attached hydrogens (primary N) is 1. The molecule has 1 amide bonds. The Morgan fingerprint density at radius 3 is 2.76 bits per heavy atom. The van der Waals surface area contributed by atoms with Crippen molar-refractivity contribution in [1.29, 1.82) is 0 Å². The van der Waals surface area contributed by atoms with Gasteiger partial charge < -0.3 is 15.6 Å². The SMILES string of the molecule is Cc1cc(=O)n(C)cc1NC(=O)C1CCCCC1(C)N.Cl. The summed E-state index contributed by atoms with van der Waals surface area (Å²) in [5.41, 5.74) is 7.18. The third-order valence-electron chi connectivity index (χ3n) is 4.26. The number of nitrogens with one attached hydrogen (secondary N) is 1. The lowest BCUT2D eigenvalue weighted by Crippen LogP contribution is -2.51. The molecule has 2 rings (SSSR count). The van der Waals surface area contributed by atoms with Crippen LogP contribution in [-0.2, 0) is 11.8 Å². The first-order valence-electron chi connectivity index (χ1n) is 7.08. The lowest BCUT2D eigenvalue weighted by molar-refractivity contribution is -0.122. The number of hydrogen-bond acceptors (Lipinski definition) is 3. The molecule has 1 saturated carbocycles. The maximum atomic E-state index is 12.5. The molecular weight excluding hydrogens is 290 g/mol. The molecule has 2 atom stereocenters. The smallest absolute Gasteiger partial charge is 0.250 e. The molecule has 0 aromatic carbocycles. The topological polar surface area (TPSA) is 77.1 Å². The summed E-state index contributed by atoms with van der Waals surface area (Å²) < 4.78 is 1.46. The predicted octanol–water partition coefficient (Wildman–Crippen LogP) is 1.96. The van der Waals surface area contributed by atoms with Crippen molar-refractivity contribution in [3.63, 3.8) is 0 Å². The Hall–Kier alpha value is -1.33. The largest absolute Gasteiger partial charge is 0.325 e. The van der Waals surface area contributed by atoms with Crippen LogP contribution in [0.3, 0.4) is 0 Å². The lowest BCUT2D eigenvalue weighted by atomic mass is 9.74. The second-order valence-corrected chi connectivity index (χ2v) is 6.11. The number of carbonyl (C=O) groups is 1. The molecular formula is C15H24ClN3O2. The van der Waals surface area contributed by atoms with Crippen molar-refractivity contribution in [2.45, 2.75) is 45.1 Å². The molecule has 1 aliphatic rings. The molecule has 1 aromatic rings. The van der Waals surface area contributed by atoms with Gasteiger partial charge in [-0.3, -0.25) is 9.59 Å². The standard InChI is InChI=1S/C15H23N3O2.ClH/c1-10-8-13(19)18(3)9-12(10)17-14(20)11-6-4-5-7-15(11,2)16;/h8-9,11H,4-7,16H2,1-3H3,(H,17,20);1H. The Morgan fingerprint density at radius 1 is 1.48 bits per heavy atom. The molecule has 0 aliphatic heterocycles. The summed E-state index contributed by atoms with van der Waals surface area (Å²) in [4.78, 5) is 24.0. The average molecular weight is 314 g/mol. The Labute approximate surface area is 131 Å². The summed E-state index contributed by atoms with van der Waals surface area (Å²) in [5, 5.41) is 2.92. The number of hydrogen-bond donors (Lipinski definition) is 2. The van der Waals surface area contributed by atoms with Crippen LogP contribution in [0.15, 0.2) is 17.1 Å². The van der Waals surface area contributed by atoms with Gasteiger partial charge in [0.15, 0.2) is 0 Å². The Morgan fingerprint density at radius 2 is 2.14 bits per heavy atom. The van der Waals surface area contributed by atoms with Gasteiger partial charge in [0.05, 0.1) is 11.6 Å². The molecule has 21 heavy (non-hydrogen) atoms. The minimum Gasteiger partial charge on any atom is -0.325 e. The summed E-state index contributed by atoms with van der Waals surface area (Å²) in [6.45, 7) is 3.77. The first-order chi connectivity index (χ1) is 9.31. The van der Waals surface area contributed by atoms with Crippen LogP contribution in [0.4, 0.5) is 5.69 Å². The number of anilines is 1. The quantitative estimate of drug-likeness (QED) is 0.876. The van der Waals surface area contributed by atoms with Crippen molar-refractivity contribution in [2.75, 3.05) is 5.32 Å². The summed E-state index contributed by atoms with van der Waals surface area (Å²) in [7, 11) is 1.67. The van der Waals surface area contributed by atoms with E-state index in [4.69, 9.17) is 5.73 Å². The van der Waals surface area contributed by atoms with Gasteiger partial charge in [-0.15, -0.1) is 12.4 Å². The second kappa shape index (κ2) is 6.62. The van der Waals surface area contributed by atoms with E-state index in [1.54, 1.807) is 13.2 Å². The summed E-state index contributed by atoms with van der Waals surface area (Å²) >= 11 is 0. The van der Waals surface area contributed by atoms with E-state index in [0.29, 0.717) is 5.69 Å². The fourth-order valence-electron chi connectivity index (χ4n) is 2.86. The molecule has 5 nitrogen and oxygen atoms in total. The highest BCUT2D eigenvalue weighted by Crippen LogP contribution is 2.32. The van der Waals surface area contributed by atoms with E-state index in [0.717, 1.165) is 31.2 Å². The van der Waals surface area contributed by atoms with Gasteiger partial charge in [0.25, 0.3) is 5.56 Å². The number of amides is 1. The second-order valence-electron chi connectivity index (χ2n) is 6.11. The van der Waals surface area contributed by atoms with Crippen LogP contribution in [-0.4, -0.2) is 16.0 Å². The Kier molecular flexibility index (Phi) is 5.59. The van der Waals surface area contributed by atoms with Crippen LogP contribution < -0.4 is 16.6 Å². The lowest BCUT2D eigenvalue weighted by Gasteiger charge is -2.37. The number of aromatic nitrogens is 1. The van der Waals surface area contributed by atoms with Gasteiger partial charge in [-0.1, -0.05) is 12.8 Å². The fraction of sp³-hybridized carbons (Fsp3) is 0.600. The maximum absolute atomic E-state index is 12.5. The van der Waals surface area contributed by atoms with Gasteiger partial charge in [0.2, 0.25) is 5.91 Å². The highest BCUT2D eigenvalue weighted by atomic mass is 35.5. The molecule has 1 aromatic heterocycles. The van der Waals surface area contributed by atoms with Crippen molar-refractivity contribution in [3.05, 3.63) is 28.2 Å². The number of carbonyl (C=O) groups excluding carboxylic acids is 1. The van der Waals surface area contributed by atoms with Crippen molar-refractivity contribution < 1.29 is 4.79 Å². The first kappa shape index (κ1) is 17.7. The number of pyridine rings is 1. The molecule has 1 fully saturated rings. The summed E-state index contributed by atoms with van der Waals surface area (Å²) in [5.74, 6) is -0.218. The minimum absolute atomic E-state index is 0. The van der Waals surface area contributed by atoms with Gasteiger partial charge >= 0.3 is 0 Å². The number of rotatable bonds is 2. The molecule has 6 heteroatoms. The van der Waals surface area contributed by atoms with Crippen LogP contribution in [0.5, 0.6) is 0 Å². The van der Waals surface area contributed by atoms with Gasteiger partial charge in [0, 0.05) is 24.8 Å². The van der Waals surface area contributed by atoms with Crippen molar-refractivity contribution in [1.82, 2.24) is 4.57 Å². The van der Waals surface area contributed by atoms with E-state index >= 15 is 0 Å². The molecule has 118 valence electrons. The van der Waals surface area contributed by atoms with Crippen LogP contribution in [0.1, 0.15) is 38.2 Å². The number of aryl methyl sites for hydroxylation is 2. The average Bonchev–Trinajstić information content (AvgIpc) is 2.35. The maximum Gasteiger partial charge on any atom is 0.250 e. The van der Waals surface area contributed by atoms with Gasteiger partial charge in [-0.25, -0.2) is 0 Å². The summed E-state index contributed by atoms with van der Waals surface area (Å²) in [6, 6.07) is 1.53. The molecule has 0 spiro atoms. The van der Waals surface area contributed by atoms with E-state index in [2.05, 4.69) is 5.32 Å². The number of nitrogens with zero attached hydrogens (tertiary/aromatic N) is 1. The Balaban J connectivity index is 0.00000220. The normalized spacial score (nSPS) is 25.0. The minimum atomic E-state index is -0.448. The Bertz CT molecular complexity index is 581. The third kappa shape index (κ3) is 3.86. The zero-order valence-electron chi connectivity index (χ0n) is 12.8. The molecule has 1 heterocycles. The van der Waals surface area contributed by atoms with E-state index in [9.17, 15) is 9.59 Å². The predicted molar refractivity (Wildman–Crippen MR) is 86.8 cm³/mol. The van der Waals surface area contributed by atoms with Crippen LogP contribution >= 0.6 is 12.4 Å². The van der Waals surface area contributed by atoms with E-state index < -0.39 is 5.54 Å². The van der Waals surface area contributed by atoms with E-state index in [1.807, 2.05) is 13.8 Å². The zero-order valence-corrected chi connectivity index (χ0v) is 13.6. The molecule has 0 saturated heterocycles. The van der Waals surface area contributed by atoms with Crippen LogP contribution in [0, 0.1) is 12.8 Å². The summed E-state index contributed by atoms with van der Waals surface area (Å²) in [6.07, 6.45) is 5.47. The van der Waals surface area contributed by atoms with Crippen LogP contribution in [0.2, 0.25) is 0 Å². The fourth-order valence-corrected chi connectivity index (χ4v) is 2.86.